The van der Waals surface area contributed by atoms with Gasteiger partial charge in [0.15, 0.2) is 11.5 Å². The predicted octanol–water partition coefficient (Wildman–Crippen LogP) is 7.60. The van der Waals surface area contributed by atoms with Gasteiger partial charge >= 0.3 is 5.97 Å². The Morgan fingerprint density at radius 2 is 1.84 bits per heavy atom. The summed E-state index contributed by atoms with van der Waals surface area (Å²) in [6, 6.07) is 19.1. The van der Waals surface area contributed by atoms with E-state index in [1.165, 1.54) is 23.9 Å². The molecule has 0 spiro atoms. The van der Waals surface area contributed by atoms with Gasteiger partial charge in [0.25, 0.3) is 0 Å². The van der Waals surface area contributed by atoms with E-state index in [9.17, 15) is 14.3 Å². The first-order valence-electron chi connectivity index (χ1n) is 11.9. The van der Waals surface area contributed by atoms with Gasteiger partial charge in [0.1, 0.15) is 28.8 Å². The minimum absolute atomic E-state index is 0.0294. The number of hydrogen-bond acceptors (Lipinski definition) is 7. The van der Waals surface area contributed by atoms with Crippen LogP contribution in [-0.4, -0.2) is 29.3 Å². The lowest BCUT2D eigenvalue weighted by atomic mass is 10.1. The summed E-state index contributed by atoms with van der Waals surface area (Å²) in [5.74, 6) is -0.106. The molecule has 38 heavy (non-hydrogen) atoms. The zero-order valence-corrected chi connectivity index (χ0v) is 23.7. The average molecular weight is 645 g/mol. The highest BCUT2D eigenvalue weighted by atomic mass is 127. The quantitative estimate of drug-likeness (QED) is 0.191. The van der Waals surface area contributed by atoms with E-state index in [1.54, 1.807) is 31.2 Å². The lowest BCUT2D eigenvalue weighted by molar-refractivity contribution is -0.138. The summed E-state index contributed by atoms with van der Waals surface area (Å²) in [5, 5.41) is 11.4. The highest BCUT2D eigenvalue weighted by Crippen LogP contribution is 2.42. The largest absolute Gasteiger partial charge is 0.506 e. The lowest BCUT2D eigenvalue weighted by Gasteiger charge is -2.15. The maximum Gasteiger partial charge on any atom is 0.344 e. The third kappa shape index (κ3) is 6.76. The number of thioether (sulfide) groups is 1. The van der Waals surface area contributed by atoms with Crippen molar-refractivity contribution in [1.82, 2.24) is 0 Å². The summed E-state index contributed by atoms with van der Waals surface area (Å²) < 4.78 is 31.4. The maximum absolute atomic E-state index is 13.6. The van der Waals surface area contributed by atoms with E-state index in [2.05, 4.69) is 27.6 Å². The average Bonchev–Trinajstić information content (AvgIpc) is 3.18. The van der Waals surface area contributed by atoms with E-state index in [0.717, 1.165) is 9.13 Å². The van der Waals surface area contributed by atoms with Crippen LogP contribution in [0.1, 0.15) is 25.0 Å². The fourth-order valence-electron chi connectivity index (χ4n) is 3.62. The third-order valence-corrected chi connectivity index (χ3v) is 7.08. The molecule has 0 saturated carbocycles. The topological polar surface area (TPSA) is 77.4 Å². The SMILES string of the molecule is CCOC(=O)C1=C(O)/C(=C/c2cc(I)c(OCc3cccc(F)c3)c(OCC)c2)SC1=Nc1ccccc1. The Morgan fingerprint density at radius 1 is 1.05 bits per heavy atom. The molecule has 6 nitrogen and oxygen atoms in total. The Kier molecular flexibility index (Phi) is 9.46. The van der Waals surface area contributed by atoms with E-state index in [1.807, 2.05) is 43.3 Å². The number of halogens is 2. The number of aliphatic hydroxyl groups excluding tert-OH is 1. The Labute approximate surface area is 238 Å². The Balaban J connectivity index is 1.68. The van der Waals surface area contributed by atoms with Crippen LogP contribution in [0.15, 0.2) is 88.0 Å². The van der Waals surface area contributed by atoms with Crippen molar-refractivity contribution in [3.05, 3.63) is 103 Å². The number of rotatable bonds is 9. The Hall–Kier alpha value is -3.31. The number of ether oxygens (including phenoxy) is 3. The standard InChI is InChI=1S/C29H25FINO5S/c1-3-35-23-15-19(14-22(31)27(23)37-17-18-9-8-10-20(30)13-18)16-24-26(33)25(29(34)36-4-2)28(38-24)32-21-11-6-5-7-12-21/h5-16,33H,3-4,17H2,1-2H3/b24-16-,32-28?. The number of para-hydroxylation sites is 1. The van der Waals surface area contributed by atoms with Crippen LogP contribution in [0.25, 0.3) is 6.08 Å². The van der Waals surface area contributed by atoms with E-state index >= 15 is 0 Å². The van der Waals surface area contributed by atoms with Gasteiger partial charge in [-0.2, -0.15) is 0 Å². The maximum atomic E-state index is 13.6. The number of nitrogens with zero attached hydrogens (tertiary/aromatic N) is 1. The van der Waals surface area contributed by atoms with Crippen LogP contribution in [0.4, 0.5) is 10.1 Å². The summed E-state index contributed by atoms with van der Waals surface area (Å²) in [6.07, 6.45) is 1.76. The van der Waals surface area contributed by atoms with E-state index in [-0.39, 0.29) is 30.4 Å². The predicted molar refractivity (Wildman–Crippen MR) is 156 cm³/mol. The lowest BCUT2D eigenvalue weighted by Crippen LogP contribution is -2.12. The Bertz CT molecular complexity index is 1420. The van der Waals surface area contributed by atoms with E-state index in [0.29, 0.717) is 39.3 Å². The molecule has 1 aliphatic heterocycles. The second-order valence-corrected chi connectivity index (χ2v) is 10.2. The van der Waals surface area contributed by atoms with Crippen molar-refractivity contribution >= 4 is 57.1 Å². The van der Waals surface area contributed by atoms with Gasteiger partial charge in [-0.05, 0) is 90.0 Å². The van der Waals surface area contributed by atoms with Gasteiger partial charge in [-0.25, -0.2) is 14.2 Å². The first-order chi connectivity index (χ1) is 18.4. The van der Waals surface area contributed by atoms with E-state index in [4.69, 9.17) is 14.2 Å². The van der Waals surface area contributed by atoms with Gasteiger partial charge in [-0.15, -0.1) is 0 Å². The third-order valence-electron chi connectivity index (χ3n) is 5.26. The van der Waals surface area contributed by atoms with Crippen LogP contribution in [-0.2, 0) is 16.1 Å². The normalized spacial score (nSPS) is 15.3. The molecule has 0 radical (unpaired) electrons. The molecule has 9 heteroatoms. The molecule has 0 aromatic heterocycles. The molecule has 0 saturated heterocycles. The molecule has 0 bridgehead atoms. The fourth-order valence-corrected chi connectivity index (χ4v) is 5.44. The number of hydrogen-bond donors (Lipinski definition) is 1. The molecule has 196 valence electrons. The molecule has 0 fully saturated rings. The zero-order valence-electron chi connectivity index (χ0n) is 20.7. The van der Waals surface area contributed by atoms with Crippen molar-refractivity contribution in [1.29, 1.82) is 0 Å². The molecule has 3 aromatic carbocycles. The van der Waals surface area contributed by atoms with Gasteiger partial charge in [-0.1, -0.05) is 42.1 Å². The number of aliphatic hydroxyl groups is 1. The van der Waals surface area contributed by atoms with Crippen molar-refractivity contribution in [2.24, 2.45) is 4.99 Å². The molecular formula is C29H25FINO5S. The fraction of sp³-hybridized carbons (Fsp3) is 0.172. The monoisotopic (exact) mass is 645 g/mol. The van der Waals surface area contributed by atoms with Crippen molar-refractivity contribution in [3.63, 3.8) is 0 Å². The van der Waals surface area contributed by atoms with Crippen LogP contribution in [0.2, 0.25) is 0 Å². The van der Waals surface area contributed by atoms with Gasteiger partial charge < -0.3 is 19.3 Å². The first-order valence-corrected chi connectivity index (χ1v) is 13.8. The number of carbonyl (C=O) groups is 1. The number of aliphatic imine (C=N–C) groups is 1. The second kappa shape index (κ2) is 13.0. The summed E-state index contributed by atoms with van der Waals surface area (Å²) in [4.78, 5) is 17.7. The first kappa shape index (κ1) is 27.7. The van der Waals surface area contributed by atoms with Crippen LogP contribution in [0.3, 0.4) is 0 Å². The van der Waals surface area contributed by atoms with Crippen molar-refractivity contribution in [3.8, 4) is 11.5 Å². The van der Waals surface area contributed by atoms with Gasteiger partial charge in [0.2, 0.25) is 0 Å². The Morgan fingerprint density at radius 3 is 2.55 bits per heavy atom. The van der Waals surface area contributed by atoms with Crippen LogP contribution >= 0.6 is 34.4 Å². The molecule has 0 atom stereocenters. The molecule has 0 aliphatic carbocycles. The molecular weight excluding hydrogens is 620 g/mol. The van der Waals surface area contributed by atoms with Crippen LogP contribution in [0, 0.1) is 9.39 Å². The summed E-state index contributed by atoms with van der Waals surface area (Å²) in [6.45, 7) is 4.33. The molecule has 1 heterocycles. The zero-order chi connectivity index (χ0) is 27.1. The van der Waals surface area contributed by atoms with Crippen molar-refractivity contribution in [2.75, 3.05) is 13.2 Å². The van der Waals surface area contributed by atoms with Crippen LogP contribution < -0.4 is 9.47 Å². The van der Waals surface area contributed by atoms with E-state index < -0.39 is 5.97 Å². The molecule has 3 aromatic rings. The second-order valence-electron chi connectivity index (χ2n) is 7.99. The number of carbonyl (C=O) groups excluding carboxylic acids is 1. The van der Waals surface area contributed by atoms with Gasteiger partial charge in [0, 0.05) is 0 Å². The minimum Gasteiger partial charge on any atom is -0.506 e. The number of benzene rings is 3. The highest BCUT2D eigenvalue weighted by molar-refractivity contribution is 14.1. The summed E-state index contributed by atoms with van der Waals surface area (Å²) in [7, 11) is 0. The molecule has 4 rings (SSSR count). The molecule has 1 N–H and O–H groups in total. The van der Waals surface area contributed by atoms with Gasteiger partial charge in [-0.3, -0.25) is 0 Å². The van der Waals surface area contributed by atoms with Gasteiger partial charge in [0.05, 0.1) is 27.4 Å². The minimum atomic E-state index is -0.638. The number of esters is 1. The summed E-state index contributed by atoms with van der Waals surface area (Å²) >= 11 is 3.33. The van der Waals surface area contributed by atoms with Crippen molar-refractivity contribution in [2.45, 2.75) is 20.5 Å². The van der Waals surface area contributed by atoms with Crippen molar-refractivity contribution < 1.29 is 28.5 Å². The smallest absolute Gasteiger partial charge is 0.344 e. The van der Waals surface area contributed by atoms with Crippen LogP contribution in [0.5, 0.6) is 11.5 Å². The molecule has 1 aliphatic rings. The highest BCUT2D eigenvalue weighted by Gasteiger charge is 2.33. The molecule has 0 amide bonds. The summed E-state index contributed by atoms with van der Waals surface area (Å²) in [5.41, 5.74) is 2.11. The molecule has 0 unspecified atom stereocenters.